The molecule has 1 aromatic rings. The fourth-order valence-electron chi connectivity index (χ4n) is 2.34. The van der Waals surface area contributed by atoms with E-state index in [1.54, 1.807) is 14.2 Å². The average molecular weight is 302 g/mol. The van der Waals surface area contributed by atoms with E-state index in [1.165, 1.54) is 21.4 Å². The third kappa shape index (κ3) is 3.57. The smallest absolute Gasteiger partial charge is 0.246 e. The number of nitrogens with zero attached hydrogens (tertiary/aromatic N) is 3. The maximum absolute atomic E-state index is 12.6. The number of aromatic nitrogens is 2. The summed E-state index contributed by atoms with van der Waals surface area (Å²) in [5.74, 6) is 0. The summed E-state index contributed by atoms with van der Waals surface area (Å²) in [5, 5.41) is 7.27. The van der Waals surface area contributed by atoms with Gasteiger partial charge in [-0.2, -0.15) is 9.40 Å². The standard InChI is InChI=1S/C12H22N4O3S/c1-15-10-12(8-14-15)20(17,18)16(6-7-19-2)9-11-4-3-5-13-11/h8,10-11,13H,3-7,9H2,1-2H3. The zero-order valence-corrected chi connectivity index (χ0v) is 12.8. The van der Waals surface area contributed by atoms with Gasteiger partial charge in [0.15, 0.2) is 0 Å². The quantitative estimate of drug-likeness (QED) is 0.755. The predicted molar refractivity (Wildman–Crippen MR) is 74.9 cm³/mol. The SMILES string of the molecule is COCCN(CC1CCCN1)S(=O)(=O)c1cnn(C)c1. The van der Waals surface area contributed by atoms with Crippen LogP contribution in [-0.4, -0.2) is 61.9 Å². The molecule has 1 saturated heterocycles. The lowest BCUT2D eigenvalue weighted by Crippen LogP contribution is -2.42. The molecule has 0 aliphatic carbocycles. The van der Waals surface area contributed by atoms with Gasteiger partial charge in [0.1, 0.15) is 4.90 Å². The summed E-state index contributed by atoms with van der Waals surface area (Å²) in [4.78, 5) is 0.231. The van der Waals surface area contributed by atoms with Gasteiger partial charge in [-0.1, -0.05) is 0 Å². The number of ether oxygens (including phenoxy) is 1. The van der Waals surface area contributed by atoms with Crippen LogP contribution in [0.25, 0.3) is 0 Å². The minimum absolute atomic E-state index is 0.221. The van der Waals surface area contributed by atoms with Crippen LogP contribution in [0.2, 0.25) is 0 Å². The number of hydrogen-bond donors (Lipinski definition) is 1. The van der Waals surface area contributed by atoms with E-state index in [2.05, 4.69) is 10.4 Å². The van der Waals surface area contributed by atoms with Gasteiger partial charge >= 0.3 is 0 Å². The highest BCUT2D eigenvalue weighted by atomic mass is 32.2. The first-order valence-corrected chi connectivity index (χ1v) is 8.19. The Morgan fingerprint density at radius 2 is 2.40 bits per heavy atom. The maximum atomic E-state index is 12.6. The molecule has 0 spiro atoms. The summed E-state index contributed by atoms with van der Waals surface area (Å²) in [6.45, 7) is 2.16. The van der Waals surface area contributed by atoms with E-state index in [0.717, 1.165) is 19.4 Å². The van der Waals surface area contributed by atoms with Crippen LogP contribution in [0, 0.1) is 0 Å². The zero-order chi connectivity index (χ0) is 14.6. The molecule has 0 amide bonds. The van der Waals surface area contributed by atoms with E-state index in [0.29, 0.717) is 19.7 Å². The van der Waals surface area contributed by atoms with Crippen LogP contribution >= 0.6 is 0 Å². The van der Waals surface area contributed by atoms with Crippen molar-refractivity contribution in [1.29, 1.82) is 0 Å². The Morgan fingerprint density at radius 1 is 1.60 bits per heavy atom. The van der Waals surface area contributed by atoms with Crippen LogP contribution < -0.4 is 5.32 Å². The van der Waals surface area contributed by atoms with Gasteiger partial charge in [-0.05, 0) is 19.4 Å². The van der Waals surface area contributed by atoms with E-state index in [9.17, 15) is 8.42 Å². The second-order valence-electron chi connectivity index (χ2n) is 5.00. The van der Waals surface area contributed by atoms with E-state index in [-0.39, 0.29) is 10.9 Å². The molecule has 1 N–H and O–H groups in total. The average Bonchev–Trinajstić information content (AvgIpc) is 3.05. The van der Waals surface area contributed by atoms with Crippen molar-refractivity contribution in [2.75, 3.05) is 33.4 Å². The summed E-state index contributed by atoms with van der Waals surface area (Å²) < 4.78 is 33.3. The maximum Gasteiger partial charge on any atom is 0.246 e. The number of sulfonamides is 1. The normalized spacial score (nSPS) is 19.9. The van der Waals surface area contributed by atoms with Gasteiger partial charge < -0.3 is 10.1 Å². The summed E-state index contributed by atoms with van der Waals surface area (Å²) in [6.07, 6.45) is 5.01. The molecule has 0 radical (unpaired) electrons. The van der Waals surface area contributed by atoms with E-state index in [1.807, 2.05) is 0 Å². The van der Waals surface area contributed by atoms with Crippen molar-refractivity contribution in [2.24, 2.45) is 7.05 Å². The van der Waals surface area contributed by atoms with Gasteiger partial charge in [-0.25, -0.2) is 8.42 Å². The topological polar surface area (TPSA) is 76.5 Å². The van der Waals surface area contributed by atoms with E-state index < -0.39 is 10.0 Å². The Bertz CT molecular complexity index is 523. The summed E-state index contributed by atoms with van der Waals surface area (Å²) in [5.41, 5.74) is 0. The fraction of sp³-hybridized carbons (Fsp3) is 0.750. The zero-order valence-electron chi connectivity index (χ0n) is 11.9. The number of methoxy groups -OCH3 is 1. The van der Waals surface area contributed by atoms with Gasteiger partial charge in [0, 0.05) is 39.5 Å². The highest BCUT2D eigenvalue weighted by molar-refractivity contribution is 7.89. The second kappa shape index (κ2) is 6.66. The molecule has 20 heavy (non-hydrogen) atoms. The van der Waals surface area contributed by atoms with Crippen molar-refractivity contribution in [3.63, 3.8) is 0 Å². The molecule has 1 atom stereocenters. The lowest BCUT2D eigenvalue weighted by atomic mass is 10.2. The third-order valence-electron chi connectivity index (χ3n) is 3.45. The number of hydrogen-bond acceptors (Lipinski definition) is 5. The summed E-state index contributed by atoms with van der Waals surface area (Å²) in [7, 11) is -0.232. The molecule has 7 nitrogen and oxygen atoms in total. The van der Waals surface area contributed by atoms with Crippen molar-refractivity contribution < 1.29 is 13.2 Å². The van der Waals surface area contributed by atoms with Crippen LogP contribution in [0.5, 0.6) is 0 Å². The number of aryl methyl sites for hydroxylation is 1. The van der Waals surface area contributed by atoms with Gasteiger partial charge in [0.25, 0.3) is 0 Å². The van der Waals surface area contributed by atoms with Crippen LogP contribution in [0.4, 0.5) is 0 Å². The first-order chi connectivity index (χ1) is 9.54. The Balaban J connectivity index is 2.15. The Labute approximate surface area is 120 Å². The van der Waals surface area contributed by atoms with Gasteiger partial charge in [-0.3, -0.25) is 4.68 Å². The van der Waals surface area contributed by atoms with E-state index >= 15 is 0 Å². The van der Waals surface area contributed by atoms with Crippen molar-refractivity contribution in [3.8, 4) is 0 Å². The highest BCUT2D eigenvalue weighted by Gasteiger charge is 2.29. The Hall–Kier alpha value is -0.960. The molecule has 114 valence electrons. The molecule has 0 aromatic carbocycles. The fourth-order valence-corrected chi connectivity index (χ4v) is 3.80. The number of rotatable bonds is 7. The molecule has 1 fully saturated rings. The minimum atomic E-state index is -3.51. The molecule has 1 aromatic heterocycles. The molecule has 1 aliphatic rings. The summed E-state index contributed by atoms with van der Waals surface area (Å²) >= 11 is 0. The lowest BCUT2D eigenvalue weighted by molar-refractivity contribution is 0.176. The third-order valence-corrected chi connectivity index (χ3v) is 5.27. The largest absolute Gasteiger partial charge is 0.383 e. The highest BCUT2D eigenvalue weighted by Crippen LogP contribution is 2.17. The van der Waals surface area contributed by atoms with Crippen LogP contribution in [-0.2, 0) is 21.8 Å². The predicted octanol–water partition coefficient (Wildman–Crippen LogP) is -0.191. The van der Waals surface area contributed by atoms with Gasteiger partial charge in [0.2, 0.25) is 10.0 Å². The molecule has 2 rings (SSSR count). The first kappa shape index (κ1) is 15.4. The first-order valence-electron chi connectivity index (χ1n) is 6.75. The van der Waals surface area contributed by atoms with Crippen LogP contribution in [0.15, 0.2) is 17.3 Å². The van der Waals surface area contributed by atoms with Crippen molar-refractivity contribution >= 4 is 10.0 Å². The number of nitrogens with one attached hydrogen (secondary N) is 1. The molecular formula is C12H22N4O3S. The Kier molecular flexibility index (Phi) is 5.14. The molecular weight excluding hydrogens is 280 g/mol. The van der Waals surface area contributed by atoms with E-state index in [4.69, 9.17) is 4.74 Å². The lowest BCUT2D eigenvalue weighted by Gasteiger charge is -2.24. The van der Waals surface area contributed by atoms with Crippen molar-refractivity contribution in [3.05, 3.63) is 12.4 Å². The monoisotopic (exact) mass is 302 g/mol. The Morgan fingerprint density at radius 3 is 2.95 bits per heavy atom. The molecule has 0 bridgehead atoms. The molecule has 1 aliphatic heterocycles. The van der Waals surface area contributed by atoms with Crippen LogP contribution in [0.3, 0.4) is 0 Å². The van der Waals surface area contributed by atoms with Gasteiger partial charge in [0.05, 0.1) is 12.8 Å². The van der Waals surface area contributed by atoms with Crippen molar-refractivity contribution in [1.82, 2.24) is 19.4 Å². The minimum Gasteiger partial charge on any atom is -0.383 e. The molecule has 2 heterocycles. The molecule has 0 saturated carbocycles. The van der Waals surface area contributed by atoms with Crippen LogP contribution in [0.1, 0.15) is 12.8 Å². The molecule has 8 heteroatoms. The second-order valence-corrected chi connectivity index (χ2v) is 6.94. The summed E-state index contributed by atoms with van der Waals surface area (Å²) in [6, 6.07) is 0.221. The van der Waals surface area contributed by atoms with Gasteiger partial charge in [-0.15, -0.1) is 0 Å². The molecule has 1 unspecified atom stereocenters. The van der Waals surface area contributed by atoms with Crippen molar-refractivity contribution in [2.45, 2.75) is 23.8 Å².